The van der Waals surface area contributed by atoms with Crippen molar-refractivity contribution in [3.63, 3.8) is 0 Å². The number of nitrogens with zero attached hydrogens (tertiary/aromatic N) is 3. The number of aryl methyl sites for hydroxylation is 2. The quantitative estimate of drug-likeness (QED) is 0.815. The van der Waals surface area contributed by atoms with Crippen LogP contribution in [0.5, 0.6) is 5.75 Å². The van der Waals surface area contributed by atoms with Crippen LogP contribution in [0.15, 0.2) is 18.2 Å². The lowest BCUT2D eigenvalue weighted by molar-refractivity contribution is 0.285. The third-order valence-electron chi connectivity index (χ3n) is 4.56. The molecular weight excluding hydrogens is 274 g/mol. The van der Waals surface area contributed by atoms with Crippen molar-refractivity contribution in [3.05, 3.63) is 41.0 Å². The summed E-state index contributed by atoms with van der Waals surface area (Å²) >= 11 is 0. The summed E-state index contributed by atoms with van der Waals surface area (Å²) in [5, 5.41) is 4.74. The fourth-order valence-electron chi connectivity index (χ4n) is 2.96. The molecule has 0 amide bonds. The van der Waals surface area contributed by atoms with Gasteiger partial charge >= 0.3 is 0 Å². The summed E-state index contributed by atoms with van der Waals surface area (Å²) in [6, 6.07) is 6.26. The van der Waals surface area contributed by atoms with Crippen molar-refractivity contribution in [3.8, 4) is 5.75 Å². The summed E-state index contributed by atoms with van der Waals surface area (Å²) < 4.78 is 8.12. The van der Waals surface area contributed by atoms with Gasteiger partial charge in [-0.2, -0.15) is 5.10 Å². The van der Waals surface area contributed by atoms with Crippen molar-refractivity contribution in [2.45, 2.75) is 57.9 Å². The molecule has 0 aliphatic heterocycles. The van der Waals surface area contributed by atoms with Gasteiger partial charge in [-0.25, -0.2) is 9.67 Å². The fraction of sp³-hybridized carbons (Fsp3) is 0.556. The molecule has 0 saturated heterocycles. The molecule has 2 aliphatic rings. The zero-order valence-corrected chi connectivity index (χ0v) is 13.4. The van der Waals surface area contributed by atoms with Gasteiger partial charge in [-0.05, 0) is 50.7 Å². The number of hydrogen-bond donors (Lipinski definition) is 0. The van der Waals surface area contributed by atoms with E-state index in [2.05, 4.69) is 36.7 Å². The Kier molecular flexibility index (Phi) is 3.40. The molecule has 4 heteroatoms. The second-order valence-corrected chi connectivity index (χ2v) is 6.67. The Hall–Kier alpha value is -1.84. The predicted molar refractivity (Wildman–Crippen MR) is 85.4 cm³/mol. The Morgan fingerprint density at radius 2 is 1.77 bits per heavy atom. The monoisotopic (exact) mass is 297 g/mol. The zero-order chi connectivity index (χ0) is 15.1. The first kappa shape index (κ1) is 13.8. The maximum atomic E-state index is 6.02. The van der Waals surface area contributed by atoms with Gasteiger partial charge in [0.2, 0.25) is 0 Å². The molecule has 2 fully saturated rings. The third-order valence-corrected chi connectivity index (χ3v) is 4.56. The summed E-state index contributed by atoms with van der Waals surface area (Å²) in [4.78, 5) is 4.79. The van der Waals surface area contributed by atoms with Crippen molar-refractivity contribution >= 4 is 0 Å². The highest BCUT2D eigenvalue weighted by Gasteiger charge is 2.34. The number of ether oxygens (including phenoxy) is 1. The molecule has 0 atom stereocenters. The van der Waals surface area contributed by atoms with E-state index in [1.54, 1.807) is 0 Å². The van der Waals surface area contributed by atoms with Crippen LogP contribution >= 0.6 is 0 Å². The highest BCUT2D eigenvalue weighted by molar-refractivity contribution is 5.39. The maximum absolute atomic E-state index is 6.02. The van der Waals surface area contributed by atoms with Crippen LogP contribution in [0.3, 0.4) is 0 Å². The Morgan fingerprint density at radius 3 is 2.41 bits per heavy atom. The summed E-state index contributed by atoms with van der Waals surface area (Å²) in [5.41, 5.74) is 2.39. The predicted octanol–water partition coefficient (Wildman–Crippen LogP) is 3.73. The number of para-hydroxylation sites is 1. The standard InChI is InChI=1S/C18H23N3O/c1-12-4-3-5-13(2)16(12)22-11-10-21-18(15-8-9-15)19-17(20-21)14-6-7-14/h3-5,14-15H,6-11H2,1-2H3. The van der Waals surface area contributed by atoms with Crippen molar-refractivity contribution in [1.82, 2.24) is 14.8 Å². The molecule has 0 radical (unpaired) electrons. The summed E-state index contributed by atoms with van der Waals surface area (Å²) in [7, 11) is 0. The lowest BCUT2D eigenvalue weighted by Crippen LogP contribution is -2.13. The molecule has 2 aromatic rings. The van der Waals surface area contributed by atoms with Gasteiger partial charge in [-0.3, -0.25) is 0 Å². The van der Waals surface area contributed by atoms with Gasteiger partial charge in [0.25, 0.3) is 0 Å². The first-order chi connectivity index (χ1) is 10.7. The van der Waals surface area contributed by atoms with Crippen LogP contribution in [0.1, 0.15) is 60.3 Å². The van der Waals surface area contributed by atoms with Crippen molar-refractivity contribution in [1.29, 1.82) is 0 Å². The maximum Gasteiger partial charge on any atom is 0.154 e. The molecular formula is C18H23N3O. The normalized spacial score (nSPS) is 17.7. The van der Waals surface area contributed by atoms with Crippen LogP contribution in [-0.2, 0) is 6.54 Å². The molecule has 0 bridgehead atoms. The molecule has 2 aliphatic carbocycles. The zero-order valence-electron chi connectivity index (χ0n) is 13.4. The first-order valence-electron chi connectivity index (χ1n) is 8.36. The van der Waals surface area contributed by atoms with E-state index in [1.165, 1.54) is 42.6 Å². The minimum absolute atomic E-state index is 0.623. The van der Waals surface area contributed by atoms with Gasteiger partial charge in [-0.15, -0.1) is 0 Å². The van der Waals surface area contributed by atoms with E-state index in [0.29, 0.717) is 18.4 Å². The SMILES string of the molecule is Cc1cccc(C)c1OCCn1nc(C2CC2)nc1C1CC1. The molecule has 1 heterocycles. The van der Waals surface area contributed by atoms with E-state index in [4.69, 9.17) is 14.8 Å². The fourth-order valence-corrected chi connectivity index (χ4v) is 2.96. The van der Waals surface area contributed by atoms with Gasteiger partial charge < -0.3 is 4.74 Å². The van der Waals surface area contributed by atoms with Crippen LogP contribution in [0.2, 0.25) is 0 Å². The van der Waals surface area contributed by atoms with Crippen LogP contribution in [-0.4, -0.2) is 21.4 Å². The second-order valence-electron chi connectivity index (χ2n) is 6.67. The minimum atomic E-state index is 0.623. The summed E-state index contributed by atoms with van der Waals surface area (Å²) in [5.74, 6) is 4.53. The van der Waals surface area contributed by atoms with E-state index < -0.39 is 0 Å². The average molecular weight is 297 g/mol. The Morgan fingerprint density at radius 1 is 1.09 bits per heavy atom. The summed E-state index contributed by atoms with van der Waals surface area (Å²) in [6.07, 6.45) is 5.04. The Balaban J connectivity index is 1.45. The van der Waals surface area contributed by atoms with Crippen LogP contribution in [0, 0.1) is 13.8 Å². The molecule has 22 heavy (non-hydrogen) atoms. The van der Waals surface area contributed by atoms with Crippen molar-refractivity contribution in [2.75, 3.05) is 6.61 Å². The van der Waals surface area contributed by atoms with Crippen LogP contribution in [0.4, 0.5) is 0 Å². The summed E-state index contributed by atoms with van der Waals surface area (Å²) in [6.45, 7) is 5.63. The van der Waals surface area contributed by atoms with Gasteiger partial charge in [-0.1, -0.05) is 18.2 Å². The van der Waals surface area contributed by atoms with E-state index in [0.717, 1.165) is 18.1 Å². The van der Waals surface area contributed by atoms with Gasteiger partial charge in [0, 0.05) is 11.8 Å². The van der Waals surface area contributed by atoms with Gasteiger partial charge in [0.05, 0.1) is 6.54 Å². The van der Waals surface area contributed by atoms with Crippen molar-refractivity contribution < 1.29 is 4.74 Å². The largest absolute Gasteiger partial charge is 0.491 e. The number of benzene rings is 1. The molecule has 4 nitrogen and oxygen atoms in total. The number of hydrogen-bond acceptors (Lipinski definition) is 3. The minimum Gasteiger partial charge on any atom is -0.491 e. The van der Waals surface area contributed by atoms with Gasteiger partial charge in [0.15, 0.2) is 5.82 Å². The van der Waals surface area contributed by atoms with Gasteiger partial charge in [0.1, 0.15) is 18.2 Å². The Labute approximate surface area is 131 Å². The Bertz CT molecular complexity index is 663. The number of aromatic nitrogens is 3. The van der Waals surface area contributed by atoms with E-state index in [-0.39, 0.29) is 0 Å². The first-order valence-corrected chi connectivity index (χ1v) is 8.36. The third kappa shape index (κ3) is 2.74. The molecule has 4 rings (SSSR count). The van der Waals surface area contributed by atoms with E-state index in [9.17, 15) is 0 Å². The highest BCUT2D eigenvalue weighted by Crippen LogP contribution is 2.42. The van der Waals surface area contributed by atoms with Crippen molar-refractivity contribution in [2.24, 2.45) is 0 Å². The van der Waals surface area contributed by atoms with E-state index in [1.807, 2.05) is 0 Å². The molecule has 0 unspecified atom stereocenters. The average Bonchev–Trinajstić information content (AvgIpc) is 3.41. The molecule has 116 valence electrons. The smallest absolute Gasteiger partial charge is 0.154 e. The molecule has 1 aromatic carbocycles. The molecule has 0 spiro atoms. The number of rotatable bonds is 6. The lowest BCUT2D eigenvalue weighted by Gasteiger charge is -2.12. The van der Waals surface area contributed by atoms with E-state index >= 15 is 0 Å². The lowest BCUT2D eigenvalue weighted by atomic mass is 10.1. The topological polar surface area (TPSA) is 39.9 Å². The van der Waals surface area contributed by atoms with Crippen LogP contribution in [0.25, 0.3) is 0 Å². The van der Waals surface area contributed by atoms with Crippen LogP contribution < -0.4 is 4.74 Å². The molecule has 1 aromatic heterocycles. The molecule has 2 saturated carbocycles. The molecule has 0 N–H and O–H groups in total. The second kappa shape index (κ2) is 5.41. The highest BCUT2D eigenvalue weighted by atomic mass is 16.5.